The van der Waals surface area contributed by atoms with Gasteiger partial charge in [-0.3, -0.25) is 0 Å². The number of carboxylic acids is 1. The summed E-state index contributed by atoms with van der Waals surface area (Å²) in [5.74, 6) is 3.86. The van der Waals surface area contributed by atoms with Crippen LogP contribution in [-0.2, 0) is 9.53 Å². The Morgan fingerprint density at radius 1 is 0.491 bits per heavy atom. The largest absolute Gasteiger partial charge is 0.494 e. The molecule has 0 heterocycles. The van der Waals surface area contributed by atoms with E-state index >= 15 is 0 Å². The average Bonchev–Trinajstić information content (AvgIpc) is 3.24. The fourth-order valence-electron chi connectivity index (χ4n) is 6.35. The maximum absolute atomic E-state index is 11.0. The van der Waals surface area contributed by atoms with Gasteiger partial charge in [-0.15, -0.1) is 0 Å². The SMILES string of the molecule is CCOC(COc1ccc(OCC(=O)O)c(C)c1)=C(c1ccc(-c2ccc(Oc3ccccc3)cc2)cc1)c1ccc(-c2ccc(Oc3ccccc3)cc2)cc1. The first-order valence-corrected chi connectivity index (χ1v) is 18.7. The third-order valence-corrected chi connectivity index (χ3v) is 9.15. The zero-order chi connectivity index (χ0) is 39.4. The highest BCUT2D eigenvalue weighted by molar-refractivity contribution is 5.83. The van der Waals surface area contributed by atoms with Crippen LogP contribution in [0.2, 0.25) is 0 Å². The molecule has 7 aromatic rings. The molecule has 0 saturated carbocycles. The number of carbonyl (C=O) groups is 1. The number of aryl methyl sites for hydroxylation is 1. The monoisotopic (exact) mass is 754 g/mol. The van der Waals surface area contributed by atoms with E-state index in [4.69, 9.17) is 28.8 Å². The first-order chi connectivity index (χ1) is 27.9. The third kappa shape index (κ3) is 10.1. The van der Waals surface area contributed by atoms with Crippen LogP contribution in [-0.4, -0.2) is 30.9 Å². The van der Waals surface area contributed by atoms with E-state index < -0.39 is 12.6 Å². The lowest BCUT2D eigenvalue weighted by atomic mass is 9.93. The van der Waals surface area contributed by atoms with E-state index in [-0.39, 0.29) is 6.61 Å². The predicted molar refractivity (Wildman–Crippen MR) is 224 cm³/mol. The Morgan fingerprint density at radius 3 is 1.33 bits per heavy atom. The maximum Gasteiger partial charge on any atom is 0.341 e. The number of para-hydroxylation sites is 2. The zero-order valence-electron chi connectivity index (χ0n) is 31.8. The first kappa shape index (κ1) is 38.0. The van der Waals surface area contributed by atoms with Gasteiger partial charge in [-0.05, 0) is 120 Å². The van der Waals surface area contributed by atoms with Crippen LogP contribution in [0.15, 0.2) is 182 Å². The molecule has 0 fully saturated rings. The summed E-state index contributed by atoms with van der Waals surface area (Å²) < 4.78 is 30.1. The second-order valence-electron chi connectivity index (χ2n) is 13.2. The van der Waals surface area contributed by atoms with E-state index in [1.54, 1.807) is 12.1 Å². The molecule has 0 amide bonds. The van der Waals surface area contributed by atoms with Crippen molar-refractivity contribution in [3.8, 4) is 56.8 Å². The van der Waals surface area contributed by atoms with Crippen LogP contribution in [0.25, 0.3) is 27.8 Å². The predicted octanol–water partition coefficient (Wildman–Crippen LogP) is 12.3. The lowest BCUT2D eigenvalue weighted by Crippen LogP contribution is -2.11. The number of rotatable bonds is 16. The normalized spacial score (nSPS) is 10.6. The zero-order valence-corrected chi connectivity index (χ0v) is 31.8. The standard InChI is InChI=1S/C50H42O7/c1-3-53-48(33-54-46-30-31-47(35(2)32-46)55-34-49(51)52)50(40-18-14-36(15-19-40)38-22-26-44(27-23-38)56-42-10-6-4-7-11-42)41-20-16-37(17-21-41)39-24-28-45(29-25-39)57-43-12-8-5-9-13-43/h4-32H,3,33-34H2,1-2H3,(H,51,52). The minimum atomic E-state index is -1.03. The van der Waals surface area contributed by atoms with Gasteiger partial charge < -0.3 is 28.8 Å². The summed E-state index contributed by atoms with van der Waals surface area (Å²) in [4.78, 5) is 11.0. The van der Waals surface area contributed by atoms with Crippen molar-refractivity contribution in [2.75, 3.05) is 19.8 Å². The maximum atomic E-state index is 11.0. The van der Waals surface area contributed by atoms with Gasteiger partial charge in [0.25, 0.3) is 0 Å². The second-order valence-corrected chi connectivity index (χ2v) is 13.2. The van der Waals surface area contributed by atoms with Gasteiger partial charge in [-0.25, -0.2) is 4.79 Å². The van der Waals surface area contributed by atoms with E-state index in [2.05, 4.69) is 72.8 Å². The Bertz CT molecular complexity index is 2270. The fourth-order valence-corrected chi connectivity index (χ4v) is 6.35. The molecule has 7 nitrogen and oxygen atoms in total. The van der Waals surface area contributed by atoms with Crippen LogP contribution in [0, 0.1) is 6.92 Å². The summed E-state index contributed by atoms with van der Waals surface area (Å²) in [6, 6.07) is 57.8. The second kappa shape index (κ2) is 18.4. The Balaban J connectivity index is 1.17. The van der Waals surface area contributed by atoms with Gasteiger partial charge in [0, 0.05) is 5.57 Å². The van der Waals surface area contributed by atoms with Gasteiger partial charge in [0.05, 0.1) is 6.61 Å². The number of carboxylic acid groups (broad SMARTS) is 1. The van der Waals surface area contributed by atoms with E-state index in [0.717, 1.165) is 67.5 Å². The highest BCUT2D eigenvalue weighted by atomic mass is 16.5. The Labute approximate surface area is 333 Å². The van der Waals surface area contributed by atoms with Crippen molar-refractivity contribution < 1.29 is 33.6 Å². The molecule has 0 bridgehead atoms. The van der Waals surface area contributed by atoms with Gasteiger partial charge in [-0.2, -0.15) is 0 Å². The minimum Gasteiger partial charge on any atom is -0.494 e. The molecule has 57 heavy (non-hydrogen) atoms. The van der Waals surface area contributed by atoms with Crippen molar-refractivity contribution in [2.24, 2.45) is 0 Å². The van der Waals surface area contributed by atoms with Crippen LogP contribution >= 0.6 is 0 Å². The molecule has 7 aromatic carbocycles. The van der Waals surface area contributed by atoms with E-state index in [0.29, 0.717) is 23.9 Å². The topological polar surface area (TPSA) is 83.5 Å². The van der Waals surface area contributed by atoms with Crippen molar-refractivity contribution in [3.63, 3.8) is 0 Å². The van der Waals surface area contributed by atoms with Crippen molar-refractivity contribution in [3.05, 3.63) is 198 Å². The number of aliphatic carboxylic acids is 1. The molecule has 0 spiro atoms. The van der Waals surface area contributed by atoms with E-state index in [1.165, 1.54) is 0 Å². The summed E-state index contributed by atoms with van der Waals surface area (Å²) in [6.07, 6.45) is 0. The van der Waals surface area contributed by atoms with Crippen molar-refractivity contribution >= 4 is 11.5 Å². The summed E-state index contributed by atoms with van der Waals surface area (Å²) in [5.41, 5.74) is 7.88. The molecule has 7 heteroatoms. The molecule has 0 radical (unpaired) electrons. The minimum absolute atomic E-state index is 0.160. The number of hydrogen-bond donors (Lipinski definition) is 1. The van der Waals surface area contributed by atoms with Crippen molar-refractivity contribution in [1.82, 2.24) is 0 Å². The third-order valence-electron chi connectivity index (χ3n) is 9.15. The molecule has 0 unspecified atom stereocenters. The highest BCUT2D eigenvalue weighted by Gasteiger charge is 2.17. The molecule has 0 saturated heterocycles. The molecule has 7 rings (SSSR count). The summed E-state index contributed by atoms with van der Waals surface area (Å²) >= 11 is 0. The molecule has 0 aliphatic carbocycles. The summed E-state index contributed by atoms with van der Waals surface area (Å²) in [6.45, 7) is 3.99. The van der Waals surface area contributed by atoms with E-state index in [9.17, 15) is 4.79 Å². The molecule has 284 valence electrons. The lowest BCUT2D eigenvalue weighted by molar-refractivity contribution is -0.139. The molecular formula is C50H42O7. The summed E-state index contributed by atoms with van der Waals surface area (Å²) in [7, 11) is 0. The van der Waals surface area contributed by atoms with E-state index in [1.807, 2.05) is 105 Å². The molecule has 0 aromatic heterocycles. The Kier molecular flexibility index (Phi) is 12.3. The molecular weight excluding hydrogens is 713 g/mol. The first-order valence-electron chi connectivity index (χ1n) is 18.7. The fraction of sp³-hybridized carbons (Fsp3) is 0.100. The quantitative estimate of drug-likeness (QED) is 0.0983. The van der Waals surface area contributed by atoms with Gasteiger partial charge in [0.1, 0.15) is 46.9 Å². The van der Waals surface area contributed by atoms with Crippen LogP contribution < -0.4 is 18.9 Å². The molecule has 0 aliphatic heterocycles. The Morgan fingerprint density at radius 2 is 0.912 bits per heavy atom. The van der Waals surface area contributed by atoms with Crippen LogP contribution in [0.4, 0.5) is 0 Å². The smallest absolute Gasteiger partial charge is 0.341 e. The van der Waals surface area contributed by atoms with Crippen molar-refractivity contribution in [1.29, 1.82) is 0 Å². The number of ether oxygens (including phenoxy) is 5. The van der Waals surface area contributed by atoms with Gasteiger partial charge in [0.2, 0.25) is 0 Å². The number of benzene rings is 7. The van der Waals surface area contributed by atoms with Gasteiger partial charge in [-0.1, -0.05) is 109 Å². The van der Waals surface area contributed by atoms with Crippen LogP contribution in [0.5, 0.6) is 34.5 Å². The Hall–Kier alpha value is -7.25. The summed E-state index contributed by atoms with van der Waals surface area (Å²) in [5, 5.41) is 9.04. The average molecular weight is 755 g/mol. The molecule has 1 N–H and O–H groups in total. The highest BCUT2D eigenvalue weighted by Crippen LogP contribution is 2.34. The molecule has 0 aliphatic rings. The van der Waals surface area contributed by atoms with Crippen LogP contribution in [0.3, 0.4) is 0 Å². The van der Waals surface area contributed by atoms with Gasteiger partial charge >= 0.3 is 5.97 Å². The number of hydrogen-bond acceptors (Lipinski definition) is 6. The lowest BCUT2D eigenvalue weighted by Gasteiger charge is -2.19. The van der Waals surface area contributed by atoms with Crippen LogP contribution in [0.1, 0.15) is 23.6 Å². The molecule has 0 atom stereocenters. The van der Waals surface area contributed by atoms with Crippen molar-refractivity contribution in [2.45, 2.75) is 13.8 Å². The van der Waals surface area contributed by atoms with Gasteiger partial charge in [0.15, 0.2) is 6.61 Å².